The molecule has 1 saturated heterocycles. The maximum atomic E-state index is 6.13. The van der Waals surface area contributed by atoms with E-state index in [2.05, 4.69) is 16.8 Å². The molecule has 0 aromatic carbocycles. The first kappa shape index (κ1) is 18.0. The molecule has 1 aliphatic carbocycles. The summed E-state index contributed by atoms with van der Waals surface area (Å²) in [4.78, 5) is 6.90. The van der Waals surface area contributed by atoms with Crippen molar-refractivity contribution in [2.75, 3.05) is 32.8 Å². The SMILES string of the molecule is CCOCCC1(CN=C(N)N2CCC(C)CC2)CC1.I. The van der Waals surface area contributed by atoms with Crippen LogP contribution in [-0.4, -0.2) is 43.7 Å². The Bertz CT molecular complexity index is 310. The Morgan fingerprint density at radius 3 is 2.55 bits per heavy atom. The summed E-state index contributed by atoms with van der Waals surface area (Å²) in [5.74, 6) is 1.60. The van der Waals surface area contributed by atoms with Crippen molar-refractivity contribution in [3.8, 4) is 0 Å². The summed E-state index contributed by atoms with van der Waals surface area (Å²) in [5.41, 5.74) is 6.53. The van der Waals surface area contributed by atoms with Crippen LogP contribution < -0.4 is 5.73 Å². The average molecular weight is 395 g/mol. The molecule has 2 aliphatic rings. The quantitative estimate of drug-likeness (QED) is 0.326. The van der Waals surface area contributed by atoms with Crippen molar-refractivity contribution in [3.63, 3.8) is 0 Å². The van der Waals surface area contributed by atoms with Crippen LogP contribution in [0.5, 0.6) is 0 Å². The Labute approximate surface area is 140 Å². The highest BCUT2D eigenvalue weighted by Crippen LogP contribution is 2.49. The minimum Gasteiger partial charge on any atom is -0.382 e. The molecular formula is C15H30IN3O. The number of ether oxygens (including phenoxy) is 1. The van der Waals surface area contributed by atoms with Gasteiger partial charge in [0.25, 0.3) is 0 Å². The Kier molecular flexibility index (Phi) is 7.58. The number of aliphatic imine (C=N–C) groups is 1. The molecule has 0 amide bonds. The van der Waals surface area contributed by atoms with Crippen molar-refractivity contribution in [3.05, 3.63) is 0 Å². The molecule has 0 aromatic rings. The van der Waals surface area contributed by atoms with Gasteiger partial charge in [0.05, 0.1) is 0 Å². The van der Waals surface area contributed by atoms with Crippen LogP contribution in [0.4, 0.5) is 0 Å². The van der Waals surface area contributed by atoms with E-state index in [1.54, 1.807) is 0 Å². The van der Waals surface area contributed by atoms with E-state index in [1.807, 2.05) is 6.92 Å². The average Bonchev–Trinajstić information content (AvgIpc) is 3.18. The van der Waals surface area contributed by atoms with Crippen molar-refractivity contribution in [2.45, 2.75) is 46.0 Å². The summed E-state index contributed by atoms with van der Waals surface area (Å²) >= 11 is 0. The van der Waals surface area contributed by atoms with Crippen LogP contribution in [0.25, 0.3) is 0 Å². The van der Waals surface area contributed by atoms with E-state index in [0.717, 1.165) is 51.1 Å². The van der Waals surface area contributed by atoms with E-state index in [4.69, 9.17) is 10.5 Å². The molecule has 0 bridgehead atoms. The third-order valence-electron chi connectivity index (χ3n) is 4.62. The van der Waals surface area contributed by atoms with Crippen molar-refractivity contribution in [1.82, 2.24) is 4.90 Å². The highest BCUT2D eigenvalue weighted by atomic mass is 127. The largest absolute Gasteiger partial charge is 0.382 e. The Balaban J connectivity index is 0.00000200. The summed E-state index contributed by atoms with van der Waals surface area (Å²) in [7, 11) is 0. The molecule has 0 aromatic heterocycles. The molecule has 5 heteroatoms. The van der Waals surface area contributed by atoms with Crippen LogP contribution in [0.15, 0.2) is 4.99 Å². The third-order valence-corrected chi connectivity index (χ3v) is 4.62. The van der Waals surface area contributed by atoms with Gasteiger partial charge in [0.1, 0.15) is 0 Å². The fraction of sp³-hybridized carbons (Fsp3) is 0.933. The van der Waals surface area contributed by atoms with Crippen LogP contribution in [-0.2, 0) is 4.74 Å². The summed E-state index contributed by atoms with van der Waals surface area (Å²) in [6, 6.07) is 0. The second kappa shape index (κ2) is 8.41. The van der Waals surface area contributed by atoms with E-state index in [9.17, 15) is 0 Å². The number of rotatable bonds is 6. The predicted molar refractivity (Wildman–Crippen MR) is 94.7 cm³/mol. The van der Waals surface area contributed by atoms with E-state index >= 15 is 0 Å². The molecule has 118 valence electrons. The number of piperidine rings is 1. The molecular weight excluding hydrogens is 365 g/mol. The maximum Gasteiger partial charge on any atom is 0.191 e. The normalized spacial score (nSPS) is 22.5. The minimum atomic E-state index is 0. The lowest BCUT2D eigenvalue weighted by molar-refractivity contribution is 0.129. The Morgan fingerprint density at radius 1 is 1.35 bits per heavy atom. The number of hydrogen-bond donors (Lipinski definition) is 1. The lowest BCUT2D eigenvalue weighted by Gasteiger charge is -2.31. The highest BCUT2D eigenvalue weighted by Gasteiger charge is 2.42. The van der Waals surface area contributed by atoms with Gasteiger partial charge in [-0.3, -0.25) is 4.99 Å². The molecule has 0 radical (unpaired) electrons. The zero-order valence-electron chi connectivity index (χ0n) is 12.9. The first-order chi connectivity index (χ1) is 9.15. The fourth-order valence-electron chi connectivity index (χ4n) is 2.68. The van der Waals surface area contributed by atoms with E-state index < -0.39 is 0 Å². The van der Waals surface area contributed by atoms with E-state index in [1.165, 1.54) is 25.7 Å². The van der Waals surface area contributed by atoms with Gasteiger partial charge in [0.2, 0.25) is 0 Å². The second-order valence-corrected chi connectivity index (χ2v) is 6.29. The molecule has 1 aliphatic heterocycles. The summed E-state index contributed by atoms with van der Waals surface area (Å²) < 4.78 is 5.45. The van der Waals surface area contributed by atoms with E-state index in [-0.39, 0.29) is 24.0 Å². The van der Waals surface area contributed by atoms with E-state index in [0.29, 0.717) is 5.41 Å². The van der Waals surface area contributed by atoms with Crippen molar-refractivity contribution < 1.29 is 4.74 Å². The third kappa shape index (κ3) is 5.39. The maximum absolute atomic E-state index is 6.13. The lowest BCUT2D eigenvalue weighted by Crippen LogP contribution is -2.42. The number of guanidine groups is 1. The standard InChI is InChI=1S/C15H29N3O.HI/c1-3-19-11-8-15(6-7-15)12-17-14(16)18-9-4-13(2)5-10-18;/h13H,3-12H2,1-2H3,(H2,16,17);1H. The molecule has 4 nitrogen and oxygen atoms in total. The lowest BCUT2D eigenvalue weighted by atomic mass is 9.99. The molecule has 0 atom stereocenters. The van der Waals surface area contributed by atoms with Gasteiger partial charge >= 0.3 is 0 Å². The molecule has 1 heterocycles. The minimum absolute atomic E-state index is 0. The van der Waals surface area contributed by atoms with Gasteiger partial charge in [-0.25, -0.2) is 0 Å². The Morgan fingerprint density at radius 2 is 2.00 bits per heavy atom. The van der Waals surface area contributed by atoms with Crippen molar-refractivity contribution in [1.29, 1.82) is 0 Å². The topological polar surface area (TPSA) is 50.9 Å². The number of hydrogen-bond acceptors (Lipinski definition) is 2. The zero-order valence-corrected chi connectivity index (χ0v) is 15.3. The molecule has 2 fully saturated rings. The molecule has 2 rings (SSSR count). The highest BCUT2D eigenvalue weighted by molar-refractivity contribution is 14.0. The molecule has 0 unspecified atom stereocenters. The first-order valence-corrected chi connectivity index (χ1v) is 7.78. The van der Waals surface area contributed by atoms with Crippen LogP contribution in [0, 0.1) is 11.3 Å². The summed E-state index contributed by atoms with van der Waals surface area (Å²) in [6.07, 6.45) is 6.19. The Hall–Kier alpha value is -0.0400. The smallest absolute Gasteiger partial charge is 0.191 e. The number of likely N-dealkylation sites (tertiary alicyclic amines) is 1. The van der Waals surface area contributed by atoms with Crippen LogP contribution in [0.3, 0.4) is 0 Å². The molecule has 0 spiro atoms. The second-order valence-electron chi connectivity index (χ2n) is 6.29. The fourth-order valence-corrected chi connectivity index (χ4v) is 2.68. The monoisotopic (exact) mass is 395 g/mol. The molecule has 20 heavy (non-hydrogen) atoms. The van der Waals surface area contributed by atoms with Gasteiger partial charge < -0.3 is 15.4 Å². The predicted octanol–water partition coefficient (Wildman–Crippen LogP) is 2.86. The number of nitrogens with zero attached hydrogens (tertiary/aromatic N) is 2. The van der Waals surface area contributed by atoms with Crippen LogP contribution >= 0.6 is 24.0 Å². The van der Waals surface area contributed by atoms with Gasteiger partial charge in [-0.15, -0.1) is 24.0 Å². The van der Waals surface area contributed by atoms with Crippen LogP contribution in [0.1, 0.15) is 46.0 Å². The zero-order chi connectivity index (χ0) is 13.7. The van der Waals surface area contributed by atoms with Crippen molar-refractivity contribution >= 4 is 29.9 Å². The number of halogens is 1. The summed E-state index contributed by atoms with van der Waals surface area (Å²) in [6.45, 7) is 9.08. The van der Waals surface area contributed by atoms with Gasteiger partial charge in [-0.05, 0) is 50.4 Å². The number of nitrogens with two attached hydrogens (primary N) is 1. The van der Waals surface area contributed by atoms with Gasteiger partial charge in [0, 0.05) is 32.8 Å². The van der Waals surface area contributed by atoms with Gasteiger partial charge in [0.15, 0.2) is 5.96 Å². The molecule has 1 saturated carbocycles. The first-order valence-electron chi connectivity index (χ1n) is 7.78. The van der Waals surface area contributed by atoms with Gasteiger partial charge in [-0.1, -0.05) is 6.92 Å². The van der Waals surface area contributed by atoms with Gasteiger partial charge in [-0.2, -0.15) is 0 Å². The van der Waals surface area contributed by atoms with Crippen LogP contribution in [0.2, 0.25) is 0 Å². The van der Waals surface area contributed by atoms with Crippen molar-refractivity contribution in [2.24, 2.45) is 22.1 Å². The summed E-state index contributed by atoms with van der Waals surface area (Å²) in [5, 5.41) is 0. The molecule has 2 N–H and O–H groups in total.